The van der Waals surface area contributed by atoms with Crippen LogP contribution in [0, 0.1) is 11.6 Å². The molecule has 2 aliphatic rings. The Bertz CT molecular complexity index is 805. The van der Waals surface area contributed by atoms with Crippen LogP contribution in [0.15, 0.2) is 53.4 Å². The van der Waals surface area contributed by atoms with E-state index in [0.29, 0.717) is 17.0 Å². The summed E-state index contributed by atoms with van der Waals surface area (Å²) in [6.45, 7) is 0. The quantitative estimate of drug-likeness (QED) is 0.755. The van der Waals surface area contributed by atoms with E-state index in [1.807, 2.05) is 30.3 Å². The van der Waals surface area contributed by atoms with Gasteiger partial charge in [0.1, 0.15) is 5.25 Å². The zero-order valence-electron chi connectivity index (χ0n) is 14.8. The Morgan fingerprint density at radius 2 is 1.74 bits per heavy atom. The predicted molar refractivity (Wildman–Crippen MR) is 103 cm³/mol. The Morgan fingerprint density at radius 3 is 2.41 bits per heavy atom. The van der Waals surface area contributed by atoms with Gasteiger partial charge in [0, 0.05) is 23.0 Å². The lowest BCUT2D eigenvalue weighted by Crippen LogP contribution is -2.48. The first-order valence-corrected chi connectivity index (χ1v) is 10.2. The Hall–Kier alpha value is -1.92. The number of hydrogen-bond acceptors (Lipinski definition) is 3. The third-order valence-corrected chi connectivity index (χ3v) is 6.55. The van der Waals surface area contributed by atoms with Crippen molar-refractivity contribution >= 4 is 17.7 Å². The van der Waals surface area contributed by atoms with Crippen LogP contribution in [-0.4, -0.2) is 24.0 Å². The third kappa shape index (κ3) is 4.33. The van der Waals surface area contributed by atoms with Crippen LogP contribution in [0.5, 0.6) is 0 Å². The van der Waals surface area contributed by atoms with Gasteiger partial charge in [0.25, 0.3) is 0 Å². The van der Waals surface area contributed by atoms with Crippen LogP contribution in [0.2, 0.25) is 0 Å². The predicted octanol–water partition coefficient (Wildman–Crippen LogP) is 4.20. The summed E-state index contributed by atoms with van der Waals surface area (Å²) >= 11 is 1.24. The van der Waals surface area contributed by atoms with Crippen LogP contribution < -0.4 is 10.6 Å². The van der Waals surface area contributed by atoms with Gasteiger partial charge >= 0.3 is 0 Å². The van der Waals surface area contributed by atoms with E-state index >= 15 is 0 Å². The molecule has 0 spiro atoms. The van der Waals surface area contributed by atoms with E-state index in [2.05, 4.69) is 10.6 Å². The fourth-order valence-corrected chi connectivity index (χ4v) is 5.10. The molecule has 2 N–H and O–H groups in total. The standard InChI is InChI=1S/C21H22F2N2OS/c22-18-9-8-17(12-19(18)23)27-20(13-4-2-1-3-5-13)21(26)25-16-10-14-6-7-15(11-16)24-14/h1-5,8-9,12,14-16,20,24H,6-7,10-11H2,(H,25,26). The average molecular weight is 388 g/mol. The van der Waals surface area contributed by atoms with Crippen LogP contribution in [0.3, 0.4) is 0 Å². The number of fused-ring (bicyclic) bond motifs is 2. The Morgan fingerprint density at radius 1 is 1.04 bits per heavy atom. The summed E-state index contributed by atoms with van der Waals surface area (Å²) in [6.07, 6.45) is 4.23. The maximum Gasteiger partial charge on any atom is 0.238 e. The molecule has 2 aromatic carbocycles. The number of thioether (sulfide) groups is 1. The van der Waals surface area contributed by atoms with E-state index in [-0.39, 0.29) is 11.9 Å². The number of rotatable bonds is 5. The summed E-state index contributed by atoms with van der Waals surface area (Å²) in [5.41, 5.74) is 0.849. The van der Waals surface area contributed by atoms with Crippen molar-refractivity contribution in [2.45, 2.75) is 54.0 Å². The molecule has 0 radical (unpaired) electrons. The molecular weight excluding hydrogens is 366 g/mol. The number of benzene rings is 2. The second kappa shape index (κ2) is 7.98. The molecule has 3 unspecified atom stereocenters. The van der Waals surface area contributed by atoms with Crippen molar-refractivity contribution in [3.63, 3.8) is 0 Å². The van der Waals surface area contributed by atoms with Crippen molar-refractivity contribution in [1.82, 2.24) is 10.6 Å². The number of carbonyl (C=O) groups excluding carboxylic acids is 1. The maximum absolute atomic E-state index is 13.6. The van der Waals surface area contributed by atoms with Gasteiger partial charge < -0.3 is 10.6 Å². The number of nitrogens with one attached hydrogen (secondary N) is 2. The van der Waals surface area contributed by atoms with Gasteiger partial charge in [0.05, 0.1) is 0 Å². The summed E-state index contributed by atoms with van der Waals surface area (Å²) in [7, 11) is 0. The minimum atomic E-state index is -0.901. The molecule has 3 nitrogen and oxygen atoms in total. The molecule has 2 heterocycles. The van der Waals surface area contributed by atoms with E-state index < -0.39 is 16.9 Å². The van der Waals surface area contributed by atoms with Crippen LogP contribution in [0.4, 0.5) is 8.78 Å². The van der Waals surface area contributed by atoms with Gasteiger partial charge in [0.15, 0.2) is 11.6 Å². The molecule has 2 saturated heterocycles. The molecule has 3 atom stereocenters. The first kappa shape index (κ1) is 18.4. The summed E-state index contributed by atoms with van der Waals surface area (Å²) in [6, 6.07) is 14.3. The number of amides is 1. The van der Waals surface area contributed by atoms with Crippen LogP contribution >= 0.6 is 11.8 Å². The van der Waals surface area contributed by atoms with Gasteiger partial charge in [0.2, 0.25) is 5.91 Å². The molecule has 6 heteroatoms. The normalized spacial score (nSPS) is 25.2. The molecule has 1 amide bonds. The second-order valence-electron chi connectivity index (χ2n) is 7.30. The molecule has 0 aliphatic carbocycles. The molecule has 2 fully saturated rings. The molecule has 2 aliphatic heterocycles. The van der Waals surface area contributed by atoms with E-state index in [0.717, 1.165) is 30.5 Å². The van der Waals surface area contributed by atoms with Crippen molar-refractivity contribution in [2.24, 2.45) is 0 Å². The van der Waals surface area contributed by atoms with Crippen molar-refractivity contribution in [1.29, 1.82) is 0 Å². The van der Waals surface area contributed by atoms with Gasteiger partial charge in [-0.05, 0) is 49.4 Å². The Balaban J connectivity index is 1.52. The highest BCUT2D eigenvalue weighted by molar-refractivity contribution is 8.00. The lowest BCUT2D eigenvalue weighted by molar-refractivity contribution is -0.121. The van der Waals surface area contributed by atoms with E-state index in [1.54, 1.807) is 0 Å². The van der Waals surface area contributed by atoms with Crippen molar-refractivity contribution in [3.8, 4) is 0 Å². The van der Waals surface area contributed by atoms with Gasteiger partial charge in [-0.3, -0.25) is 4.79 Å². The second-order valence-corrected chi connectivity index (χ2v) is 8.48. The molecule has 2 aromatic rings. The van der Waals surface area contributed by atoms with Crippen molar-refractivity contribution in [3.05, 3.63) is 65.7 Å². The van der Waals surface area contributed by atoms with Gasteiger partial charge in [-0.25, -0.2) is 8.78 Å². The highest BCUT2D eigenvalue weighted by Gasteiger charge is 2.35. The van der Waals surface area contributed by atoms with Gasteiger partial charge in [-0.2, -0.15) is 0 Å². The summed E-state index contributed by atoms with van der Waals surface area (Å²) in [5.74, 6) is -1.87. The highest BCUT2D eigenvalue weighted by Crippen LogP contribution is 2.36. The molecule has 4 rings (SSSR count). The number of halogens is 2. The fraction of sp³-hybridized carbons (Fsp3) is 0.381. The monoisotopic (exact) mass is 388 g/mol. The average Bonchev–Trinajstić information content (AvgIpc) is 3.01. The lowest BCUT2D eigenvalue weighted by Gasteiger charge is -2.31. The molecule has 142 valence electrons. The van der Waals surface area contributed by atoms with Crippen LogP contribution in [-0.2, 0) is 4.79 Å². The summed E-state index contributed by atoms with van der Waals surface area (Å²) in [5, 5.41) is 6.26. The molecule has 2 bridgehead atoms. The van der Waals surface area contributed by atoms with Gasteiger partial charge in [-0.15, -0.1) is 11.8 Å². The highest BCUT2D eigenvalue weighted by atomic mass is 32.2. The minimum Gasteiger partial charge on any atom is -0.352 e. The smallest absolute Gasteiger partial charge is 0.238 e. The fourth-order valence-electron chi connectivity index (χ4n) is 4.04. The number of carbonyl (C=O) groups is 1. The number of piperidine rings is 1. The first-order valence-electron chi connectivity index (χ1n) is 9.31. The number of hydrogen-bond donors (Lipinski definition) is 2. The molecule has 27 heavy (non-hydrogen) atoms. The lowest BCUT2D eigenvalue weighted by atomic mass is 9.99. The molecule has 0 saturated carbocycles. The summed E-state index contributed by atoms with van der Waals surface area (Å²) in [4.78, 5) is 13.6. The Kier molecular flexibility index (Phi) is 5.45. The zero-order chi connectivity index (χ0) is 18.8. The zero-order valence-corrected chi connectivity index (χ0v) is 15.6. The van der Waals surface area contributed by atoms with E-state index in [4.69, 9.17) is 0 Å². The van der Waals surface area contributed by atoms with Crippen molar-refractivity contribution < 1.29 is 13.6 Å². The Labute approximate surface area is 161 Å². The maximum atomic E-state index is 13.6. The topological polar surface area (TPSA) is 41.1 Å². The van der Waals surface area contributed by atoms with Crippen molar-refractivity contribution in [2.75, 3.05) is 0 Å². The minimum absolute atomic E-state index is 0.0813. The van der Waals surface area contributed by atoms with E-state index in [9.17, 15) is 13.6 Å². The summed E-state index contributed by atoms with van der Waals surface area (Å²) < 4.78 is 26.8. The van der Waals surface area contributed by atoms with Crippen LogP contribution in [0.25, 0.3) is 0 Å². The largest absolute Gasteiger partial charge is 0.352 e. The molecule has 0 aromatic heterocycles. The first-order chi connectivity index (χ1) is 13.1. The molecular formula is C21H22F2N2OS. The van der Waals surface area contributed by atoms with E-state index in [1.165, 1.54) is 30.7 Å². The SMILES string of the molecule is O=C(NC1CC2CCC(C1)N2)C(Sc1ccc(F)c(F)c1)c1ccccc1. The van der Waals surface area contributed by atoms with Crippen LogP contribution in [0.1, 0.15) is 36.5 Å². The van der Waals surface area contributed by atoms with Gasteiger partial charge in [-0.1, -0.05) is 30.3 Å². The third-order valence-electron chi connectivity index (χ3n) is 5.30.